The molecule has 1 N–H and O–H groups in total. The maximum Gasteiger partial charge on any atom is 0.261 e. The van der Waals surface area contributed by atoms with Crippen molar-refractivity contribution >= 4 is 0 Å². The minimum absolute atomic E-state index is 0.315. The fraction of sp³-hybridized carbons (Fsp3) is 0.667. The standard InChI is InChI=1S/C12H20F2N2O/c1-9-6-11(10(2)16(9)3)7-15-4-5-17-8-12(13)14/h6,12,15H,4-5,7-8H2,1-3H3. The maximum atomic E-state index is 11.8. The number of alkyl halides is 2. The Balaban J connectivity index is 2.20. The van der Waals surface area contributed by atoms with Gasteiger partial charge in [0.05, 0.1) is 6.61 Å². The molecule has 0 amide bonds. The van der Waals surface area contributed by atoms with E-state index in [4.69, 9.17) is 4.74 Å². The molecule has 17 heavy (non-hydrogen) atoms. The van der Waals surface area contributed by atoms with Crippen molar-refractivity contribution in [1.29, 1.82) is 0 Å². The Kier molecular flexibility index (Phi) is 5.58. The first-order valence-corrected chi connectivity index (χ1v) is 5.70. The van der Waals surface area contributed by atoms with E-state index in [1.54, 1.807) is 0 Å². The number of nitrogens with zero attached hydrogens (tertiary/aromatic N) is 1. The summed E-state index contributed by atoms with van der Waals surface area (Å²) >= 11 is 0. The van der Waals surface area contributed by atoms with Crippen LogP contribution in [0.4, 0.5) is 8.78 Å². The molecule has 3 nitrogen and oxygen atoms in total. The number of aromatic nitrogens is 1. The van der Waals surface area contributed by atoms with Gasteiger partial charge < -0.3 is 14.6 Å². The van der Waals surface area contributed by atoms with Crippen molar-refractivity contribution in [2.24, 2.45) is 7.05 Å². The second-order valence-electron chi connectivity index (χ2n) is 4.10. The van der Waals surface area contributed by atoms with E-state index in [2.05, 4.69) is 29.8 Å². The molecule has 0 saturated carbocycles. The number of nitrogens with one attached hydrogen (secondary N) is 1. The van der Waals surface area contributed by atoms with Crippen LogP contribution in [0, 0.1) is 13.8 Å². The first-order valence-electron chi connectivity index (χ1n) is 5.70. The Bertz CT molecular complexity index is 351. The SMILES string of the molecule is Cc1cc(CNCCOCC(F)F)c(C)n1C. The topological polar surface area (TPSA) is 26.2 Å². The summed E-state index contributed by atoms with van der Waals surface area (Å²) < 4.78 is 30.4. The van der Waals surface area contributed by atoms with Crippen LogP contribution >= 0.6 is 0 Å². The molecular weight excluding hydrogens is 226 g/mol. The predicted molar refractivity (Wildman–Crippen MR) is 63.4 cm³/mol. The van der Waals surface area contributed by atoms with Crippen LogP contribution in [0.1, 0.15) is 17.0 Å². The van der Waals surface area contributed by atoms with E-state index in [0.29, 0.717) is 13.2 Å². The maximum absolute atomic E-state index is 11.8. The normalized spacial score (nSPS) is 11.4. The molecule has 1 aromatic heterocycles. The molecule has 1 aromatic rings. The second-order valence-corrected chi connectivity index (χ2v) is 4.10. The molecule has 0 fully saturated rings. The van der Waals surface area contributed by atoms with Crippen LogP contribution in [0.5, 0.6) is 0 Å². The molecule has 0 spiro atoms. The Morgan fingerprint density at radius 1 is 1.41 bits per heavy atom. The zero-order chi connectivity index (χ0) is 12.8. The molecule has 0 radical (unpaired) electrons. The van der Waals surface area contributed by atoms with Gasteiger partial charge in [-0.2, -0.15) is 0 Å². The summed E-state index contributed by atoms with van der Waals surface area (Å²) in [4.78, 5) is 0. The van der Waals surface area contributed by atoms with Crippen molar-refractivity contribution in [2.75, 3.05) is 19.8 Å². The lowest BCUT2D eigenvalue weighted by molar-refractivity contribution is 0.0187. The fourth-order valence-corrected chi connectivity index (χ4v) is 1.65. The van der Waals surface area contributed by atoms with Crippen LogP contribution in [-0.2, 0) is 18.3 Å². The van der Waals surface area contributed by atoms with E-state index in [1.165, 1.54) is 17.0 Å². The first kappa shape index (κ1) is 14.1. The van der Waals surface area contributed by atoms with Crippen LogP contribution < -0.4 is 5.32 Å². The lowest BCUT2D eigenvalue weighted by atomic mass is 10.2. The van der Waals surface area contributed by atoms with E-state index in [0.717, 1.165) is 6.54 Å². The number of halogens is 2. The van der Waals surface area contributed by atoms with Crippen LogP contribution in [0.2, 0.25) is 0 Å². The zero-order valence-corrected chi connectivity index (χ0v) is 10.6. The van der Waals surface area contributed by atoms with Crippen LogP contribution in [0.15, 0.2) is 6.07 Å². The van der Waals surface area contributed by atoms with Crippen LogP contribution in [0.25, 0.3) is 0 Å². The van der Waals surface area contributed by atoms with Crippen molar-refractivity contribution in [3.05, 3.63) is 23.0 Å². The summed E-state index contributed by atoms with van der Waals surface area (Å²) in [5, 5.41) is 3.17. The number of aryl methyl sites for hydroxylation is 1. The zero-order valence-electron chi connectivity index (χ0n) is 10.6. The highest BCUT2D eigenvalue weighted by Crippen LogP contribution is 2.12. The van der Waals surface area contributed by atoms with Crippen molar-refractivity contribution in [3.63, 3.8) is 0 Å². The Labute approximate surface area is 101 Å². The van der Waals surface area contributed by atoms with Crippen molar-refractivity contribution < 1.29 is 13.5 Å². The second kappa shape index (κ2) is 6.71. The van der Waals surface area contributed by atoms with Crippen molar-refractivity contribution in [2.45, 2.75) is 26.8 Å². The lowest BCUT2D eigenvalue weighted by Crippen LogP contribution is -2.20. The highest BCUT2D eigenvalue weighted by molar-refractivity contribution is 5.26. The third-order valence-electron chi connectivity index (χ3n) is 2.86. The summed E-state index contributed by atoms with van der Waals surface area (Å²) in [6.07, 6.45) is -2.38. The summed E-state index contributed by atoms with van der Waals surface area (Å²) in [5.41, 5.74) is 3.68. The van der Waals surface area contributed by atoms with E-state index < -0.39 is 13.0 Å². The minimum atomic E-state index is -2.38. The molecule has 0 bridgehead atoms. The molecule has 1 heterocycles. The van der Waals surface area contributed by atoms with Gasteiger partial charge in [0.25, 0.3) is 6.43 Å². The Morgan fingerprint density at radius 3 is 2.65 bits per heavy atom. The largest absolute Gasteiger partial charge is 0.374 e. The summed E-state index contributed by atoms with van der Waals surface area (Å²) in [6, 6.07) is 2.13. The van der Waals surface area contributed by atoms with Gasteiger partial charge in [0.2, 0.25) is 0 Å². The summed E-state index contributed by atoms with van der Waals surface area (Å²) in [6.45, 7) is 5.28. The molecule has 5 heteroatoms. The van der Waals surface area contributed by atoms with Gasteiger partial charge in [-0.05, 0) is 25.5 Å². The average molecular weight is 246 g/mol. The van der Waals surface area contributed by atoms with Gasteiger partial charge >= 0.3 is 0 Å². The average Bonchev–Trinajstić information content (AvgIpc) is 2.51. The molecule has 0 aromatic carbocycles. The summed E-state index contributed by atoms with van der Waals surface area (Å²) in [7, 11) is 2.03. The Morgan fingerprint density at radius 2 is 2.12 bits per heavy atom. The van der Waals surface area contributed by atoms with Gasteiger partial charge in [0, 0.05) is 31.5 Å². The third kappa shape index (κ3) is 4.44. The number of rotatable bonds is 7. The van der Waals surface area contributed by atoms with Gasteiger partial charge in [-0.1, -0.05) is 0 Å². The number of hydrogen-bond acceptors (Lipinski definition) is 2. The molecule has 0 atom stereocenters. The first-order chi connectivity index (χ1) is 8.02. The van der Waals surface area contributed by atoms with Crippen LogP contribution in [0.3, 0.4) is 0 Å². The number of ether oxygens (including phenoxy) is 1. The highest BCUT2D eigenvalue weighted by Gasteiger charge is 2.05. The molecule has 0 saturated heterocycles. The van der Waals surface area contributed by atoms with Gasteiger partial charge in [-0.25, -0.2) is 8.78 Å². The molecular formula is C12H20F2N2O. The number of hydrogen-bond donors (Lipinski definition) is 1. The van der Waals surface area contributed by atoms with Crippen molar-refractivity contribution in [3.8, 4) is 0 Å². The monoisotopic (exact) mass is 246 g/mol. The van der Waals surface area contributed by atoms with Crippen LogP contribution in [-0.4, -0.2) is 30.8 Å². The van der Waals surface area contributed by atoms with Gasteiger partial charge in [-0.15, -0.1) is 0 Å². The van der Waals surface area contributed by atoms with E-state index in [9.17, 15) is 8.78 Å². The van der Waals surface area contributed by atoms with E-state index >= 15 is 0 Å². The van der Waals surface area contributed by atoms with E-state index in [-0.39, 0.29) is 0 Å². The molecule has 0 unspecified atom stereocenters. The third-order valence-corrected chi connectivity index (χ3v) is 2.86. The lowest BCUT2D eigenvalue weighted by Gasteiger charge is -2.06. The predicted octanol–water partition coefficient (Wildman–Crippen LogP) is 2.01. The molecule has 0 aliphatic rings. The Hall–Kier alpha value is -0.940. The quantitative estimate of drug-likeness (QED) is 0.745. The van der Waals surface area contributed by atoms with Gasteiger partial charge in [0.15, 0.2) is 0 Å². The van der Waals surface area contributed by atoms with Gasteiger partial charge in [-0.3, -0.25) is 0 Å². The fourth-order valence-electron chi connectivity index (χ4n) is 1.65. The molecule has 1 rings (SSSR count). The van der Waals surface area contributed by atoms with Gasteiger partial charge in [0.1, 0.15) is 6.61 Å². The summed E-state index contributed by atoms with van der Waals surface area (Å²) in [5.74, 6) is 0. The molecule has 98 valence electrons. The molecule has 0 aliphatic carbocycles. The van der Waals surface area contributed by atoms with Crippen molar-refractivity contribution in [1.82, 2.24) is 9.88 Å². The minimum Gasteiger partial charge on any atom is -0.374 e. The molecule has 0 aliphatic heterocycles. The highest BCUT2D eigenvalue weighted by atomic mass is 19.3. The smallest absolute Gasteiger partial charge is 0.261 e. The van der Waals surface area contributed by atoms with E-state index in [1.807, 2.05) is 7.05 Å².